The molecule has 0 spiro atoms. The van der Waals surface area contributed by atoms with Crippen LogP contribution in [0.1, 0.15) is 40.7 Å². The number of rotatable bonds is 6. The molecule has 25 heavy (non-hydrogen) atoms. The van der Waals surface area contributed by atoms with E-state index < -0.39 is 0 Å². The smallest absolute Gasteiger partial charge is 0.337 e. The van der Waals surface area contributed by atoms with Crippen LogP contribution in [0.5, 0.6) is 0 Å². The molecule has 0 aliphatic carbocycles. The molecule has 1 heterocycles. The minimum absolute atomic E-state index is 0.0536. The van der Waals surface area contributed by atoms with Gasteiger partial charge in [-0.05, 0) is 29.7 Å². The summed E-state index contributed by atoms with van der Waals surface area (Å²) in [5.74, 6) is -0.292. The number of fused-ring (bicyclic) bond motifs is 1. The Kier molecular flexibility index (Phi) is 4.98. The molecule has 0 fully saturated rings. The first-order valence-corrected chi connectivity index (χ1v) is 8.44. The van der Waals surface area contributed by atoms with Gasteiger partial charge in [-0.1, -0.05) is 43.3 Å². The molecule has 1 unspecified atom stereocenters. The number of esters is 1. The molecular weight excluding hydrogens is 312 g/mol. The van der Waals surface area contributed by atoms with E-state index in [-0.39, 0.29) is 11.9 Å². The molecule has 0 amide bonds. The number of H-pyrrole nitrogens is 1. The van der Waals surface area contributed by atoms with E-state index in [1.165, 1.54) is 7.11 Å². The van der Waals surface area contributed by atoms with Crippen molar-refractivity contribution in [3.8, 4) is 0 Å². The Hall–Kier alpha value is -2.88. The van der Waals surface area contributed by atoms with Gasteiger partial charge in [0, 0.05) is 35.2 Å². The van der Waals surface area contributed by atoms with Gasteiger partial charge >= 0.3 is 5.97 Å². The Morgan fingerprint density at radius 1 is 1.20 bits per heavy atom. The van der Waals surface area contributed by atoms with Crippen LogP contribution >= 0.6 is 0 Å². The lowest BCUT2D eigenvalue weighted by atomic mass is 9.88. The number of benzene rings is 2. The van der Waals surface area contributed by atoms with Gasteiger partial charge in [-0.2, -0.15) is 0 Å². The topological polar surface area (TPSA) is 65.9 Å². The number of hydrogen-bond acceptors (Lipinski definition) is 3. The summed E-state index contributed by atoms with van der Waals surface area (Å²) in [4.78, 5) is 14.9. The highest BCUT2D eigenvalue weighted by Crippen LogP contribution is 2.30. The second-order valence-corrected chi connectivity index (χ2v) is 6.14. The Balaban J connectivity index is 1.90. The van der Waals surface area contributed by atoms with Gasteiger partial charge in [0.1, 0.15) is 0 Å². The van der Waals surface area contributed by atoms with Gasteiger partial charge in [0.15, 0.2) is 0 Å². The Labute approximate surface area is 147 Å². The van der Waals surface area contributed by atoms with Crippen molar-refractivity contribution in [2.75, 3.05) is 7.11 Å². The van der Waals surface area contributed by atoms with Gasteiger partial charge in [-0.15, -0.1) is 0 Å². The fourth-order valence-electron chi connectivity index (χ4n) is 3.27. The zero-order valence-electron chi connectivity index (χ0n) is 14.5. The van der Waals surface area contributed by atoms with Gasteiger partial charge in [0.25, 0.3) is 0 Å². The van der Waals surface area contributed by atoms with E-state index in [1.807, 2.05) is 30.5 Å². The highest BCUT2D eigenvalue weighted by molar-refractivity contribution is 5.98. The Morgan fingerprint density at radius 2 is 1.96 bits per heavy atom. The predicted molar refractivity (Wildman–Crippen MR) is 101 cm³/mol. The second kappa shape index (κ2) is 7.34. The molecule has 3 rings (SSSR count). The van der Waals surface area contributed by atoms with Crippen LogP contribution in [0.2, 0.25) is 0 Å². The average molecular weight is 334 g/mol. The molecule has 2 N–H and O–H groups in total. The van der Waals surface area contributed by atoms with Crippen LogP contribution in [0.3, 0.4) is 0 Å². The van der Waals surface area contributed by atoms with Gasteiger partial charge < -0.3 is 15.1 Å². The van der Waals surface area contributed by atoms with Crippen LogP contribution in [0.4, 0.5) is 0 Å². The van der Waals surface area contributed by atoms with Crippen LogP contribution in [0, 0.1) is 5.41 Å². The Bertz CT molecular complexity index is 897. The van der Waals surface area contributed by atoms with Crippen molar-refractivity contribution in [3.63, 3.8) is 0 Å². The normalized spacial score (nSPS) is 12.1. The molecule has 4 nitrogen and oxygen atoms in total. The van der Waals surface area contributed by atoms with Crippen LogP contribution in [0.15, 0.2) is 54.7 Å². The van der Waals surface area contributed by atoms with Crippen molar-refractivity contribution in [2.45, 2.75) is 25.7 Å². The van der Waals surface area contributed by atoms with Crippen molar-refractivity contribution in [3.05, 3.63) is 71.4 Å². The summed E-state index contributed by atoms with van der Waals surface area (Å²) < 4.78 is 4.78. The molecule has 0 aliphatic heterocycles. The summed E-state index contributed by atoms with van der Waals surface area (Å²) in [5, 5.41) is 9.64. The highest BCUT2D eigenvalue weighted by atomic mass is 16.5. The zero-order chi connectivity index (χ0) is 17.8. The zero-order valence-corrected chi connectivity index (χ0v) is 14.5. The fraction of sp³-hybridized carbons (Fsp3) is 0.238. The van der Waals surface area contributed by atoms with E-state index in [0.29, 0.717) is 17.7 Å². The quantitative estimate of drug-likeness (QED) is 0.506. The molecule has 1 atom stereocenters. The summed E-state index contributed by atoms with van der Waals surface area (Å²) >= 11 is 0. The fourth-order valence-corrected chi connectivity index (χ4v) is 3.27. The number of aromatic nitrogens is 1. The van der Waals surface area contributed by atoms with Crippen molar-refractivity contribution in [1.82, 2.24) is 4.98 Å². The van der Waals surface area contributed by atoms with Crippen LogP contribution in [-0.2, 0) is 11.2 Å². The van der Waals surface area contributed by atoms with Crippen LogP contribution < -0.4 is 0 Å². The van der Waals surface area contributed by atoms with Gasteiger partial charge in [-0.25, -0.2) is 4.79 Å². The lowest BCUT2D eigenvalue weighted by Gasteiger charge is -2.16. The molecular formula is C21H22N2O2. The number of aromatic amines is 1. The number of methoxy groups -OCH3 is 1. The maximum Gasteiger partial charge on any atom is 0.337 e. The van der Waals surface area contributed by atoms with E-state index in [9.17, 15) is 4.79 Å². The first kappa shape index (κ1) is 17.0. The highest BCUT2D eigenvalue weighted by Gasteiger charge is 2.20. The number of hydrogen-bond donors (Lipinski definition) is 2. The van der Waals surface area contributed by atoms with Crippen molar-refractivity contribution in [2.24, 2.45) is 0 Å². The van der Waals surface area contributed by atoms with E-state index >= 15 is 0 Å². The molecule has 3 aromatic rings. The number of nitrogens with one attached hydrogen (secondary N) is 2. The molecule has 0 saturated heterocycles. The molecule has 1 aromatic heterocycles. The maximum absolute atomic E-state index is 11.7. The minimum Gasteiger partial charge on any atom is -0.465 e. The average Bonchev–Trinajstić information content (AvgIpc) is 3.05. The predicted octanol–water partition coefficient (Wildman–Crippen LogP) is 4.71. The summed E-state index contributed by atoms with van der Waals surface area (Å²) in [6.07, 6.45) is 3.46. The van der Waals surface area contributed by atoms with E-state index in [1.54, 1.807) is 12.1 Å². The summed E-state index contributed by atoms with van der Waals surface area (Å²) in [6.45, 7) is 2.10. The van der Waals surface area contributed by atoms with Gasteiger partial charge in [0.05, 0.1) is 12.7 Å². The third kappa shape index (κ3) is 3.48. The first-order chi connectivity index (χ1) is 12.1. The standard InChI is InChI=1S/C21H22N2O2/c1-3-16(19(22)11-14-7-5-4-6-8-14)18-13-23-20-12-15(21(24)25-2)9-10-17(18)20/h4-10,12-13,16,22-23H,3,11H2,1-2H3. The monoisotopic (exact) mass is 334 g/mol. The van der Waals surface area contributed by atoms with Crippen molar-refractivity contribution < 1.29 is 9.53 Å². The third-order valence-electron chi connectivity index (χ3n) is 4.58. The minimum atomic E-state index is -0.345. The van der Waals surface area contributed by atoms with E-state index in [4.69, 9.17) is 10.1 Å². The number of carbonyl (C=O) groups excluding carboxylic acids is 1. The number of ether oxygens (including phenoxy) is 1. The molecule has 0 aliphatic rings. The number of carbonyl (C=O) groups is 1. The molecule has 0 bridgehead atoms. The summed E-state index contributed by atoms with van der Waals surface area (Å²) in [7, 11) is 1.38. The summed E-state index contributed by atoms with van der Waals surface area (Å²) in [5.41, 5.74) is 4.37. The molecule has 2 aromatic carbocycles. The SMILES string of the molecule is CCC(C(=N)Cc1ccccc1)c1c[nH]c2cc(C(=O)OC)ccc12. The molecule has 128 valence electrons. The van der Waals surface area contributed by atoms with Crippen molar-refractivity contribution in [1.29, 1.82) is 5.41 Å². The Morgan fingerprint density at radius 3 is 2.64 bits per heavy atom. The van der Waals surface area contributed by atoms with Crippen molar-refractivity contribution >= 4 is 22.6 Å². The van der Waals surface area contributed by atoms with Crippen LogP contribution in [-0.4, -0.2) is 23.8 Å². The largest absolute Gasteiger partial charge is 0.465 e. The van der Waals surface area contributed by atoms with E-state index in [0.717, 1.165) is 28.5 Å². The lowest BCUT2D eigenvalue weighted by Crippen LogP contribution is -2.13. The van der Waals surface area contributed by atoms with Crippen LogP contribution in [0.25, 0.3) is 10.9 Å². The second-order valence-electron chi connectivity index (χ2n) is 6.14. The van der Waals surface area contributed by atoms with E-state index in [2.05, 4.69) is 24.0 Å². The molecule has 4 heteroatoms. The van der Waals surface area contributed by atoms with Gasteiger partial charge in [0.2, 0.25) is 0 Å². The maximum atomic E-state index is 11.7. The third-order valence-corrected chi connectivity index (χ3v) is 4.58. The lowest BCUT2D eigenvalue weighted by molar-refractivity contribution is 0.0601. The first-order valence-electron chi connectivity index (χ1n) is 8.44. The van der Waals surface area contributed by atoms with Gasteiger partial charge in [-0.3, -0.25) is 0 Å². The molecule has 0 radical (unpaired) electrons. The molecule has 0 saturated carbocycles. The summed E-state index contributed by atoms with van der Waals surface area (Å²) in [6, 6.07) is 15.6.